The summed E-state index contributed by atoms with van der Waals surface area (Å²) in [7, 11) is 1.75. The minimum atomic E-state index is -0.0434. The van der Waals surface area contributed by atoms with Gasteiger partial charge in [-0.3, -0.25) is 4.79 Å². The minimum Gasteiger partial charge on any atom is -0.351 e. The van der Waals surface area contributed by atoms with Gasteiger partial charge in [-0.15, -0.1) is 0 Å². The van der Waals surface area contributed by atoms with Gasteiger partial charge in [0.1, 0.15) is 0 Å². The molecule has 0 saturated carbocycles. The monoisotopic (exact) mass is 339 g/mol. The van der Waals surface area contributed by atoms with E-state index >= 15 is 0 Å². The number of aromatic nitrogens is 2. The van der Waals surface area contributed by atoms with Crippen molar-refractivity contribution in [3.05, 3.63) is 51.3 Å². The van der Waals surface area contributed by atoms with Gasteiger partial charge in [0.05, 0.1) is 29.4 Å². The zero-order valence-corrected chi connectivity index (χ0v) is 13.8. The maximum absolute atomic E-state index is 11.9. The summed E-state index contributed by atoms with van der Waals surface area (Å²) >= 11 is 6.07. The number of hydrogen-bond acceptors (Lipinski definition) is 5. The summed E-state index contributed by atoms with van der Waals surface area (Å²) in [6.07, 6.45) is 3.08. The lowest BCUT2D eigenvalue weighted by atomic mass is 10.0. The van der Waals surface area contributed by atoms with Gasteiger partial charge < -0.3 is 10.2 Å². The maximum atomic E-state index is 11.9. The number of anilines is 1. The van der Waals surface area contributed by atoms with E-state index in [4.69, 9.17) is 11.6 Å². The van der Waals surface area contributed by atoms with Gasteiger partial charge in [-0.2, -0.15) is 5.26 Å². The van der Waals surface area contributed by atoms with E-state index in [1.54, 1.807) is 24.2 Å². The molecule has 1 amide bonds. The molecule has 1 N–H and O–H groups in total. The zero-order chi connectivity index (χ0) is 16.8. The molecule has 24 heavy (non-hydrogen) atoms. The Kier molecular flexibility index (Phi) is 3.39. The van der Waals surface area contributed by atoms with Gasteiger partial charge in [0.2, 0.25) is 5.95 Å². The lowest BCUT2D eigenvalue weighted by molar-refractivity contribution is 0.0816. The third-order valence-electron chi connectivity index (χ3n) is 4.51. The van der Waals surface area contributed by atoms with Crippen LogP contribution in [0, 0.1) is 11.3 Å². The molecule has 7 heteroatoms. The predicted molar refractivity (Wildman–Crippen MR) is 88.8 cm³/mol. The molecule has 1 atom stereocenters. The first-order chi connectivity index (χ1) is 11.5. The van der Waals surface area contributed by atoms with Gasteiger partial charge in [0.15, 0.2) is 0 Å². The number of rotatable bonds is 2. The van der Waals surface area contributed by atoms with E-state index in [9.17, 15) is 10.1 Å². The predicted octanol–water partition coefficient (Wildman–Crippen LogP) is 2.17. The van der Waals surface area contributed by atoms with Crippen molar-refractivity contribution in [1.29, 1.82) is 5.26 Å². The fourth-order valence-electron chi connectivity index (χ4n) is 3.37. The highest BCUT2D eigenvalue weighted by atomic mass is 35.5. The maximum Gasteiger partial charge on any atom is 0.257 e. The zero-order valence-electron chi connectivity index (χ0n) is 13.0. The number of hydrogen-bond donors (Lipinski definition) is 1. The second-order valence-corrected chi connectivity index (χ2v) is 6.60. The first-order valence-corrected chi connectivity index (χ1v) is 8.02. The molecule has 4 rings (SSSR count). The Morgan fingerprint density at radius 1 is 1.42 bits per heavy atom. The first-order valence-electron chi connectivity index (χ1n) is 7.64. The van der Waals surface area contributed by atoms with Crippen molar-refractivity contribution in [3.63, 3.8) is 0 Å². The van der Waals surface area contributed by atoms with E-state index in [0.29, 0.717) is 28.6 Å². The van der Waals surface area contributed by atoms with Crippen molar-refractivity contribution in [1.82, 2.24) is 14.9 Å². The molecule has 2 aliphatic rings. The Bertz CT molecular complexity index is 905. The molecule has 0 saturated heterocycles. The van der Waals surface area contributed by atoms with Gasteiger partial charge in [0.25, 0.3) is 5.91 Å². The summed E-state index contributed by atoms with van der Waals surface area (Å²) in [4.78, 5) is 22.2. The van der Waals surface area contributed by atoms with Crippen molar-refractivity contribution < 1.29 is 4.79 Å². The van der Waals surface area contributed by atoms with Gasteiger partial charge >= 0.3 is 0 Å². The second-order valence-electron chi connectivity index (χ2n) is 6.17. The minimum absolute atomic E-state index is 0.0434. The van der Waals surface area contributed by atoms with E-state index in [0.717, 1.165) is 29.7 Å². The molecule has 1 aromatic carbocycles. The van der Waals surface area contributed by atoms with Crippen LogP contribution >= 0.6 is 11.6 Å². The summed E-state index contributed by atoms with van der Waals surface area (Å²) in [6.45, 7) is 0.504. The highest BCUT2D eigenvalue weighted by Gasteiger charge is 2.28. The topological polar surface area (TPSA) is 81.9 Å². The van der Waals surface area contributed by atoms with Crippen LogP contribution in [0.25, 0.3) is 0 Å². The van der Waals surface area contributed by atoms with Crippen LogP contribution in [0.15, 0.2) is 18.3 Å². The summed E-state index contributed by atoms with van der Waals surface area (Å²) < 4.78 is 0. The van der Waals surface area contributed by atoms with Crippen molar-refractivity contribution in [2.75, 3.05) is 12.4 Å². The molecule has 2 heterocycles. The van der Waals surface area contributed by atoms with Crippen LogP contribution in [0.2, 0.25) is 5.02 Å². The normalized spacial score (nSPS) is 18.3. The third kappa shape index (κ3) is 2.38. The van der Waals surface area contributed by atoms with Gasteiger partial charge in [-0.25, -0.2) is 9.97 Å². The van der Waals surface area contributed by atoms with Gasteiger partial charge in [-0.05, 0) is 36.1 Å². The fourth-order valence-corrected chi connectivity index (χ4v) is 3.61. The Labute approximate surface area is 144 Å². The van der Waals surface area contributed by atoms with Crippen LogP contribution in [0.3, 0.4) is 0 Å². The largest absolute Gasteiger partial charge is 0.351 e. The van der Waals surface area contributed by atoms with E-state index in [1.165, 1.54) is 0 Å². The first kappa shape index (κ1) is 14.9. The summed E-state index contributed by atoms with van der Waals surface area (Å²) in [5.74, 6) is 0.470. The van der Waals surface area contributed by atoms with Crippen molar-refractivity contribution in [2.24, 2.45) is 0 Å². The fraction of sp³-hybridized carbons (Fsp3) is 0.294. The molecule has 2 aromatic rings. The van der Waals surface area contributed by atoms with Crippen LogP contribution in [0.4, 0.5) is 5.95 Å². The number of amides is 1. The van der Waals surface area contributed by atoms with Crippen molar-refractivity contribution in [3.8, 4) is 6.07 Å². The number of nitrogens with zero attached hydrogens (tertiary/aromatic N) is 4. The highest BCUT2D eigenvalue weighted by molar-refractivity contribution is 6.30. The Morgan fingerprint density at radius 3 is 3.04 bits per heavy atom. The number of halogens is 1. The van der Waals surface area contributed by atoms with Crippen LogP contribution in [0.5, 0.6) is 0 Å². The molecule has 0 radical (unpaired) electrons. The van der Waals surface area contributed by atoms with Gasteiger partial charge in [-0.1, -0.05) is 11.6 Å². The molecule has 0 bridgehead atoms. The molecule has 1 aliphatic carbocycles. The molecule has 0 spiro atoms. The lowest BCUT2D eigenvalue weighted by Gasteiger charge is -2.12. The molecule has 6 nitrogen and oxygen atoms in total. The van der Waals surface area contributed by atoms with Crippen LogP contribution < -0.4 is 5.32 Å². The van der Waals surface area contributed by atoms with Gasteiger partial charge in [0, 0.05) is 24.3 Å². The number of nitriles is 1. The van der Waals surface area contributed by atoms with E-state index in [1.807, 2.05) is 6.07 Å². The number of fused-ring (bicyclic) bond motifs is 2. The molecule has 0 fully saturated rings. The van der Waals surface area contributed by atoms with Crippen LogP contribution in [-0.2, 0) is 19.4 Å². The quantitative estimate of drug-likeness (QED) is 0.906. The van der Waals surface area contributed by atoms with E-state index in [2.05, 4.69) is 21.4 Å². The summed E-state index contributed by atoms with van der Waals surface area (Å²) in [6, 6.07) is 5.94. The van der Waals surface area contributed by atoms with E-state index < -0.39 is 0 Å². The number of benzene rings is 1. The van der Waals surface area contributed by atoms with E-state index in [-0.39, 0.29) is 11.9 Å². The van der Waals surface area contributed by atoms with Crippen LogP contribution in [0.1, 0.15) is 32.7 Å². The van der Waals surface area contributed by atoms with Crippen LogP contribution in [-0.4, -0.2) is 33.9 Å². The molecular weight excluding hydrogens is 326 g/mol. The highest BCUT2D eigenvalue weighted by Crippen LogP contribution is 2.30. The lowest BCUT2D eigenvalue weighted by Crippen LogP contribution is -2.21. The average Bonchev–Trinajstić information content (AvgIpc) is 3.07. The number of carbonyl (C=O) groups is 1. The Morgan fingerprint density at radius 2 is 2.25 bits per heavy atom. The average molecular weight is 340 g/mol. The molecular formula is C17H14ClN5O. The summed E-state index contributed by atoms with van der Waals surface area (Å²) in [5, 5.41) is 13.2. The molecule has 1 aromatic heterocycles. The molecule has 120 valence electrons. The summed E-state index contributed by atoms with van der Waals surface area (Å²) in [5.41, 5.74) is 4.07. The third-order valence-corrected chi connectivity index (χ3v) is 4.73. The smallest absolute Gasteiger partial charge is 0.257 e. The SMILES string of the molecule is CN1Cc2nc(NC3Cc4cc(Cl)cc(C#N)c4C3)ncc2C1=O. The van der Waals surface area contributed by atoms with Crippen molar-refractivity contribution >= 4 is 23.5 Å². The Hall–Kier alpha value is -2.65. The Balaban J connectivity index is 1.55. The molecule has 1 unspecified atom stereocenters. The van der Waals surface area contributed by atoms with Crippen molar-refractivity contribution in [2.45, 2.75) is 25.4 Å². The molecule has 1 aliphatic heterocycles. The standard InChI is InChI=1S/C17H14ClN5O/c1-23-8-15-14(16(23)24)7-20-17(22-15)21-12-4-9-2-11(18)3-10(6-19)13(9)5-12/h2-3,7,12H,4-5,8H2,1H3,(H,20,21,22). The number of carbonyl (C=O) groups excluding carboxylic acids is 1. The second kappa shape index (κ2) is 5.46. The number of nitrogens with one attached hydrogen (secondary N) is 1.